The minimum Gasteiger partial charge on any atom is -0.490 e. The third kappa shape index (κ3) is 6.25. The Kier molecular flexibility index (Phi) is 8.26. The van der Waals surface area contributed by atoms with Crippen molar-refractivity contribution in [2.75, 3.05) is 5.32 Å². The van der Waals surface area contributed by atoms with Crippen molar-refractivity contribution < 1.29 is 38.6 Å². The molecule has 3 aromatic carbocycles. The second-order valence-electron chi connectivity index (χ2n) is 13.1. The van der Waals surface area contributed by atoms with E-state index in [9.17, 15) is 24.0 Å². The van der Waals surface area contributed by atoms with E-state index < -0.39 is 35.6 Å². The highest BCUT2D eigenvalue weighted by atomic mass is 16.5. The van der Waals surface area contributed by atoms with Crippen LogP contribution in [0.4, 0.5) is 5.69 Å². The lowest BCUT2D eigenvalue weighted by Gasteiger charge is -2.36. The number of benzene rings is 3. The van der Waals surface area contributed by atoms with Crippen LogP contribution in [-0.2, 0) is 15.0 Å². The lowest BCUT2D eigenvalue weighted by molar-refractivity contribution is -0.136. The first kappa shape index (κ1) is 32.4. The zero-order valence-electron chi connectivity index (χ0n) is 27.2. The summed E-state index contributed by atoms with van der Waals surface area (Å²) in [5, 5.41) is 14.6. The lowest BCUT2D eigenvalue weighted by atomic mass is 9.78. The number of ether oxygens (including phenoxy) is 2. The van der Waals surface area contributed by atoms with Crippen LogP contribution >= 0.6 is 0 Å². The van der Waals surface area contributed by atoms with E-state index in [1.807, 2.05) is 36.4 Å². The number of aromatic nitrogens is 2. The molecule has 2 fully saturated rings. The number of hydrogen-bond acceptors (Lipinski definition) is 10. The van der Waals surface area contributed by atoms with Crippen LogP contribution in [0.2, 0.25) is 0 Å². The molecule has 50 heavy (non-hydrogen) atoms. The van der Waals surface area contributed by atoms with Gasteiger partial charge in [-0.1, -0.05) is 38.1 Å². The molecule has 13 nitrogen and oxygen atoms in total. The Morgan fingerprint density at radius 3 is 2.10 bits per heavy atom. The smallest absolute Gasteiger partial charge is 0.373 e. The molecule has 4 amide bonds. The molecule has 1 unspecified atom stereocenters. The third-order valence-electron chi connectivity index (χ3n) is 9.42. The summed E-state index contributed by atoms with van der Waals surface area (Å²) in [7, 11) is 0. The fourth-order valence-corrected chi connectivity index (χ4v) is 6.44. The highest BCUT2D eigenvalue weighted by Crippen LogP contribution is 2.36. The van der Waals surface area contributed by atoms with Crippen LogP contribution < -0.4 is 20.1 Å². The van der Waals surface area contributed by atoms with Gasteiger partial charge in [0.15, 0.2) is 5.75 Å². The summed E-state index contributed by atoms with van der Waals surface area (Å²) in [6.45, 7) is 4.27. The van der Waals surface area contributed by atoms with Crippen molar-refractivity contribution in [2.24, 2.45) is 0 Å². The zero-order chi connectivity index (χ0) is 35.2. The second-order valence-corrected chi connectivity index (χ2v) is 13.1. The van der Waals surface area contributed by atoms with Gasteiger partial charge in [0.25, 0.3) is 11.8 Å². The molecule has 1 atom stereocenters. The molecule has 254 valence electrons. The van der Waals surface area contributed by atoms with Crippen molar-refractivity contribution in [1.29, 1.82) is 0 Å². The minimum absolute atomic E-state index is 0.0188. The Hall–Kier alpha value is -6.11. The molecule has 1 saturated heterocycles. The van der Waals surface area contributed by atoms with Gasteiger partial charge >= 0.3 is 5.97 Å². The monoisotopic (exact) mass is 675 g/mol. The highest BCUT2D eigenvalue weighted by molar-refractivity contribution is 6.23. The fourth-order valence-electron chi connectivity index (χ4n) is 6.44. The van der Waals surface area contributed by atoms with E-state index in [1.165, 1.54) is 12.4 Å². The number of nitrogens with zero attached hydrogens (tertiary/aromatic N) is 3. The number of amides is 4. The van der Waals surface area contributed by atoms with Crippen molar-refractivity contribution in [3.05, 3.63) is 107 Å². The molecule has 1 aromatic heterocycles. The Labute approximate surface area is 286 Å². The molecule has 13 heteroatoms. The first-order valence-corrected chi connectivity index (χ1v) is 16.2. The van der Waals surface area contributed by atoms with Gasteiger partial charge in [0.1, 0.15) is 23.6 Å². The number of piperidine rings is 1. The molecule has 2 aliphatic heterocycles. The molecule has 0 radical (unpaired) electrons. The van der Waals surface area contributed by atoms with Gasteiger partial charge in [0.05, 0.1) is 23.5 Å². The van der Waals surface area contributed by atoms with E-state index in [-0.39, 0.29) is 47.4 Å². The van der Waals surface area contributed by atoms with Crippen molar-refractivity contribution in [1.82, 2.24) is 20.2 Å². The Balaban J connectivity index is 0.912. The molecule has 3 N–H and O–H groups in total. The summed E-state index contributed by atoms with van der Waals surface area (Å²) in [5.41, 5.74) is 3.05. The molecular weight excluding hydrogens is 642 g/mol. The first-order chi connectivity index (χ1) is 24.0. The van der Waals surface area contributed by atoms with Gasteiger partial charge in [0, 0.05) is 36.4 Å². The van der Waals surface area contributed by atoms with E-state index in [2.05, 4.69) is 46.6 Å². The summed E-state index contributed by atoms with van der Waals surface area (Å²) >= 11 is 0. The minimum atomic E-state index is -1.20. The molecule has 0 spiro atoms. The largest absolute Gasteiger partial charge is 0.490 e. The SMILES string of the molecule is CC(C)(c1ccc(Oc2cnc(C(=O)O)nc2)cc1)c1ccc(OC2CC(Nc3ccc4c(c3)C(=O)N(C3CCC(=O)NC3=O)C4=O)C2)cc1. The van der Waals surface area contributed by atoms with Crippen LogP contribution in [0.15, 0.2) is 79.1 Å². The number of fused-ring (bicyclic) bond motifs is 1. The van der Waals surface area contributed by atoms with Gasteiger partial charge < -0.3 is 19.9 Å². The quantitative estimate of drug-likeness (QED) is 0.198. The number of carboxylic acid groups (broad SMARTS) is 1. The standard InChI is InChI=1S/C37H33N5O8/c1-37(2,21-5-10-25(11-6-21)50-27-18-38-32(36(47)48)39-19-27)20-3-8-24(9-4-20)49-26-15-23(16-26)40-22-7-12-28-29(17-22)35(46)42(34(28)45)30-13-14-31(43)41-33(30)44/h3-12,17-19,23,26,30,40H,13-16H2,1-2H3,(H,47,48)(H,41,43,44). The number of carbonyl (C=O) groups excluding carboxylic acids is 4. The van der Waals surface area contributed by atoms with Gasteiger partial charge in [-0.05, 0) is 60.0 Å². The molecule has 0 bridgehead atoms. The summed E-state index contributed by atoms with van der Waals surface area (Å²) in [6, 6.07) is 19.8. The van der Waals surface area contributed by atoms with E-state index in [0.717, 1.165) is 34.6 Å². The normalized spacial score (nSPS) is 20.1. The van der Waals surface area contributed by atoms with Crippen molar-refractivity contribution >= 4 is 35.3 Å². The van der Waals surface area contributed by atoms with Crippen LogP contribution in [-0.4, -0.2) is 67.8 Å². The molecule has 4 aromatic rings. The molecule has 1 saturated carbocycles. The summed E-state index contributed by atoms with van der Waals surface area (Å²) in [6.07, 6.45) is 4.35. The third-order valence-corrected chi connectivity index (χ3v) is 9.42. The lowest BCUT2D eigenvalue weighted by Crippen LogP contribution is -2.54. The first-order valence-electron chi connectivity index (χ1n) is 16.2. The predicted molar refractivity (Wildman–Crippen MR) is 178 cm³/mol. The van der Waals surface area contributed by atoms with E-state index in [0.29, 0.717) is 17.2 Å². The molecule has 1 aliphatic carbocycles. The van der Waals surface area contributed by atoms with Gasteiger partial charge in [-0.15, -0.1) is 0 Å². The predicted octanol–water partition coefficient (Wildman–Crippen LogP) is 4.72. The molecule has 3 heterocycles. The Morgan fingerprint density at radius 1 is 0.860 bits per heavy atom. The van der Waals surface area contributed by atoms with E-state index in [1.54, 1.807) is 18.2 Å². The van der Waals surface area contributed by atoms with Crippen LogP contribution in [0.5, 0.6) is 17.2 Å². The van der Waals surface area contributed by atoms with Crippen LogP contribution in [0.3, 0.4) is 0 Å². The number of rotatable bonds is 10. The Bertz CT molecular complexity index is 2010. The number of anilines is 1. The van der Waals surface area contributed by atoms with Crippen LogP contribution in [0.1, 0.15) is 82.0 Å². The van der Waals surface area contributed by atoms with E-state index in [4.69, 9.17) is 14.6 Å². The number of carbonyl (C=O) groups is 5. The van der Waals surface area contributed by atoms with Crippen molar-refractivity contribution in [3.63, 3.8) is 0 Å². The maximum atomic E-state index is 13.1. The van der Waals surface area contributed by atoms with E-state index >= 15 is 0 Å². The summed E-state index contributed by atoms with van der Waals surface area (Å²) < 4.78 is 12.0. The van der Waals surface area contributed by atoms with Crippen LogP contribution in [0.25, 0.3) is 0 Å². The maximum Gasteiger partial charge on any atom is 0.373 e. The topological polar surface area (TPSA) is 177 Å². The number of carboxylic acids is 1. The summed E-state index contributed by atoms with van der Waals surface area (Å²) in [5.74, 6) is -1.93. The number of imide groups is 2. The Morgan fingerprint density at radius 2 is 1.48 bits per heavy atom. The summed E-state index contributed by atoms with van der Waals surface area (Å²) in [4.78, 5) is 69.4. The van der Waals surface area contributed by atoms with Gasteiger partial charge in [-0.25, -0.2) is 14.8 Å². The maximum absolute atomic E-state index is 13.1. The van der Waals surface area contributed by atoms with Crippen molar-refractivity contribution in [3.8, 4) is 17.2 Å². The average molecular weight is 676 g/mol. The highest BCUT2D eigenvalue weighted by Gasteiger charge is 2.44. The number of nitrogens with one attached hydrogen (secondary N) is 2. The van der Waals surface area contributed by atoms with Crippen molar-refractivity contribution in [2.45, 2.75) is 63.1 Å². The fraction of sp³-hybridized carbons (Fsp3) is 0.270. The zero-order valence-corrected chi connectivity index (χ0v) is 27.2. The number of aromatic carboxylic acids is 1. The average Bonchev–Trinajstić information content (AvgIpc) is 3.32. The molecule has 3 aliphatic rings. The van der Waals surface area contributed by atoms with Crippen LogP contribution in [0, 0.1) is 0 Å². The molecular formula is C37H33N5O8. The van der Waals surface area contributed by atoms with Gasteiger partial charge in [-0.3, -0.25) is 29.4 Å². The van der Waals surface area contributed by atoms with Gasteiger partial charge in [-0.2, -0.15) is 0 Å². The second kappa shape index (κ2) is 12.7. The number of hydrogen-bond donors (Lipinski definition) is 3. The molecule has 7 rings (SSSR count). The van der Waals surface area contributed by atoms with Gasteiger partial charge in [0.2, 0.25) is 17.6 Å².